The molecule has 4 aromatic rings. The van der Waals surface area contributed by atoms with Crippen LogP contribution in [0.25, 0.3) is 16.2 Å². The number of hydrogen-bond acceptors (Lipinski definition) is 6. The SMILES string of the molecule is COc1ccc(-c2csc3nc(NC(=O)CCCOc4ccc(Cl)cc4)nn23)cc1. The number of benzene rings is 2. The minimum absolute atomic E-state index is 0.154. The summed E-state index contributed by atoms with van der Waals surface area (Å²) in [6.07, 6.45) is 0.888. The van der Waals surface area contributed by atoms with Crippen molar-refractivity contribution in [3.05, 3.63) is 58.9 Å². The van der Waals surface area contributed by atoms with E-state index in [2.05, 4.69) is 15.4 Å². The van der Waals surface area contributed by atoms with Gasteiger partial charge in [-0.3, -0.25) is 10.1 Å². The molecule has 2 aromatic carbocycles. The standard InChI is InChI=1S/C21H19ClN4O3S/c1-28-16-8-4-14(5-9-16)18-13-30-21-24-20(25-26(18)21)23-19(27)3-2-12-29-17-10-6-15(22)7-11-17/h4-11,13H,2-3,12H2,1H3,(H,23,25,27). The summed E-state index contributed by atoms with van der Waals surface area (Å²) in [5, 5.41) is 9.82. The average Bonchev–Trinajstić information content (AvgIpc) is 3.33. The molecule has 4 rings (SSSR count). The number of nitrogens with zero attached hydrogens (tertiary/aromatic N) is 3. The predicted octanol–water partition coefficient (Wildman–Crippen LogP) is 4.92. The fourth-order valence-electron chi connectivity index (χ4n) is 2.84. The Labute approximate surface area is 182 Å². The Kier molecular flexibility index (Phi) is 6.15. The maximum absolute atomic E-state index is 12.2. The normalized spacial score (nSPS) is 10.9. The van der Waals surface area contributed by atoms with Crippen LogP contribution in [0, 0.1) is 0 Å². The number of fused-ring (bicyclic) bond motifs is 1. The van der Waals surface area contributed by atoms with E-state index in [9.17, 15) is 4.79 Å². The lowest BCUT2D eigenvalue weighted by Crippen LogP contribution is -2.14. The lowest BCUT2D eigenvalue weighted by molar-refractivity contribution is -0.116. The second-order valence-electron chi connectivity index (χ2n) is 6.43. The molecule has 2 heterocycles. The highest BCUT2D eigenvalue weighted by Gasteiger charge is 2.13. The predicted molar refractivity (Wildman–Crippen MR) is 118 cm³/mol. The second kappa shape index (κ2) is 9.15. The van der Waals surface area contributed by atoms with E-state index in [4.69, 9.17) is 21.1 Å². The summed E-state index contributed by atoms with van der Waals surface area (Å²) in [4.78, 5) is 17.3. The van der Waals surface area contributed by atoms with E-state index in [0.717, 1.165) is 22.8 Å². The Morgan fingerprint density at radius 1 is 1.13 bits per heavy atom. The fraction of sp³-hybridized carbons (Fsp3) is 0.190. The number of carbonyl (C=O) groups is 1. The van der Waals surface area contributed by atoms with Gasteiger partial charge in [0.1, 0.15) is 11.5 Å². The number of nitrogens with one attached hydrogen (secondary N) is 1. The van der Waals surface area contributed by atoms with Gasteiger partial charge >= 0.3 is 0 Å². The van der Waals surface area contributed by atoms with Crippen LogP contribution in [0.15, 0.2) is 53.9 Å². The highest BCUT2D eigenvalue weighted by Crippen LogP contribution is 2.27. The first-order chi connectivity index (χ1) is 14.6. The van der Waals surface area contributed by atoms with Gasteiger partial charge in [0.2, 0.25) is 16.8 Å². The lowest BCUT2D eigenvalue weighted by atomic mass is 10.2. The van der Waals surface area contributed by atoms with E-state index in [1.54, 1.807) is 35.9 Å². The molecule has 1 N–H and O–H groups in total. The summed E-state index contributed by atoms with van der Waals surface area (Å²) in [5.74, 6) is 1.65. The molecule has 0 radical (unpaired) electrons. The first-order valence-electron chi connectivity index (χ1n) is 9.29. The zero-order valence-corrected chi connectivity index (χ0v) is 17.7. The maximum Gasteiger partial charge on any atom is 0.250 e. The van der Waals surface area contributed by atoms with E-state index < -0.39 is 0 Å². The number of ether oxygens (including phenoxy) is 2. The number of anilines is 1. The lowest BCUT2D eigenvalue weighted by Gasteiger charge is -2.05. The van der Waals surface area contributed by atoms with Crippen molar-refractivity contribution >= 4 is 39.8 Å². The molecule has 0 atom stereocenters. The van der Waals surface area contributed by atoms with Crippen LogP contribution in [-0.2, 0) is 4.79 Å². The number of aromatic nitrogens is 3. The van der Waals surface area contributed by atoms with Crippen LogP contribution in [0.1, 0.15) is 12.8 Å². The minimum Gasteiger partial charge on any atom is -0.497 e. The molecule has 0 spiro atoms. The monoisotopic (exact) mass is 442 g/mol. The number of amides is 1. The molecule has 1 amide bonds. The molecule has 9 heteroatoms. The van der Waals surface area contributed by atoms with Gasteiger partial charge in [-0.1, -0.05) is 11.6 Å². The number of thiazole rings is 1. The summed E-state index contributed by atoms with van der Waals surface area (Å²) in [7, 11) is 1.63. The molecule has 0 unspecified atom stereocenters. The molecule has 2 aromatic heterocycles. The number of hydrogen-bond donors (Lipinski definition) is 1. The minimum atomic E-state index is -0.154. The molecule has 0 fully saturated rings. The smallest absolute Gasteiger partial charge is 0.250 e. The Hall–Kier alpha value is -3.10. The van der Waals surface area contributed by atoms with Crippen LogP contribution in [0.4, 0.5) is 5.95 Å². The molecule has 0 bridgehead atoms. The largest absolute Gasteiger partial charge is 0.497 e. The third kappa shape index (κ3) is 4.72. The molecule has 0 saturated heterocycles. The number of halogens is 1. The van der Waals surface area contributed by atoms with Gasteiger partial charge in [-0.25, -0.2) is 4.52 Å². The van der Waals surface area contributed by atoms with E-state index in [1.807, 2.05) is 29.6 Å². The average molecular weight is 443 g/mol. The number of rotatable bonds is 8. The zero-order valence-electron chi connectivity index (χ0n) is 16.2. The molecular formula is C21H19ClN4O3S. The third-order valence-electron chi connectivity index (χ3n) is 4.35. The van der Waals surface area contributed by atoms with Crippen molar-refractivity contribution in [2.75, 3.05) is 19.0 Å². The van der Waals surface area contributed by atoms with Gasteiger partial charge in [-0.2, -0.15) is 4.98 Å². The summed E-state index contributed by atoms with van der Waals surface area (Å²) in [5.41, 5.74) is 1.89. The topological polar surface area (TPSA) is 77.8 Å². The molecule has 0 saturated carbocycles. The van der Waals surface area contributed by atoms with Crippen LogP contribution in [0.3, 0.4) is 0 Å². The van der Waals surface area contributed by atoms with Crippen molar-refractivity contribution in [2.45, 2.75) is 12.8 Å². The van der Waals surface area contributed by atoms with Gasteiger partial charge in [0.05, 0.1) is 19.4 Å². The van der Waals surface area contributed by atoms with E-state index >= 15 is 0 Å². The van der Waals surface area contributed by atoms with E-state index in [1.165, 1.54) is 11.3 Å². The molecule has 30 heavy (non-hydrogen) atoms. The molecule has 0 aliphatic carbocycles. The van der Waals surface area contributed by atoms with Gasteiger partial charge in [-0.05, 0) is 55.0 Å². The first kappa shape index (κ1) is 20.2. The fourth-order valence-corrected chi connectivity index (χ4v) is 3.79. The van der Waals surface area contributed by atoms with Crippen LogP contribution < -0.4 is 14.8 Å². The Morgan fingerprint density at radius 2 is 1.87 bits per heavy atom. The third-order valence-corrected chi connectivity index (χ3v) is 5.42. The zero-order chi connectivity index (χ0) is 20.9. The van der Waals surface area contributed by atoms with Crippen molar-refractivity contribution in [3.8, 4) is 22.8 Å². The van der Waals surface area contributed by atoms with Crippen molar-refractivity contribution < 1.29 is 14.3 Å². The second-order valence-corrected chi connectivity index (χ2v) is 7.71. The first-order valence-corrected chi connectivity index (χ1v) is 10.5. The van der Waals surface area contributed by atoms with Gasteiger partial charge in [0.15, 0.2) is 0 Å². The maximum atomic E-state index is 12.2. The highest BCUT2D eigenvalue weighted by atomic mass is 35.5. The van der Waals surface area contributed by atoms with Gasteiger partial charge < -0.3 is 9.47 Å². The number of carbonyl (C=O) groups excluding carboxylic acids is 1. The van der Waals surface area contributed by atoms with Crippen molar-refractivity contribution in [1.82, 2.24) is 14.6 Å². The Morgan fingerprint density at radius 3 is 2.60 bits per heavy atom. The van der Waals surface area contributed by atoms with Crippen molar-refractivity contribution in [1.29, 1.82) is 0 Å². The molecule has 0 aliphatic heterocycles. The molecule has 0 aliphatic rings. The quantitative estimate of drug-likeness (QED) is 0.392. The Bertz CT molecular complexity index is 1140. The molecule has 7 nitrogen and oxygen atoms in total. The van der Waals surface area contributed by atoms with Gasteiger partial charge in [0.25, 0.3) is 0 Å². The summed E-state index contributed by atoms with van der Waals surface area (Å²) in [6, 6.07) is 14.8. The molecular weight excluding hydrogens is 424 g/mol. The van der Waals surface area contributed by atoms with Crippen LogP contribution in [-0.4, -0.2) is 34.2 Å². The van der Waals surface area contributed by atoms with Gasteiger partial charge in [0, 0.05) is 22.4 Å². The van der Waals surface area contributed by atoms with Crippen molar-refractivity contribution in [2.24, 2.45) is 0 Å². The van der Waals surface area contributed by atoms with E-state index in [-0.39, 0.29) is 5.91 Å². The highest BCUT2D eigenvalue weighted by molar-refractivity contribution is 7.15. The van der Waals surface area contributed by atoms with Gasteiger partial charge in [-0.15, -0.1) is 16.4 Å². The summed E-state index contributed by atoms with van der Waals surface area (Å²) >= 11 is 7.31. The van der Waals surface area contributed by atoms with Crippen LogP contribution >= 0.6 is 22.9 Å². The van der Waals surface area contributed by atoms with E-state index in [0.29, 0.717) is 35.4 Å². The van der Waals surface area contributed by atoms with Crippen LogP contribution in [0.5, 0.6) is 11.5 Å². The van der Waals surface area contributed by atoms with Crippen LogP contribution in [0.2, 0.25) is 5.02 Å². The molecule has 154 valence electrons. The number of methoxy groups -OCH3 is 1. The summed E-state index contributed by atoms with van der Waals surface area (Å²) in [6.45, 7) is 0.433. The van der Waals surface area contributed by atoms with Crippen molar-refractivity contribution in [3.63, 3.8) is 0 Å². The Balaban J connectivity index is 1.32. The summed E-state index contributed by atoms with van der Waals surface area (Å²) < 4.78 is 12.5.